The van der Waals surface area contributed by atoms with Gasteiger partial charge in [-0.15, -0.1) is 0 Å². The standard InChI is InChI=1S/C17H27BrN2O3S/c1-4-6-7-14(5-2)12-19-17(21)13-20(24(3,22)23)16-10-8-15(18)9-11-16/h8-11,14H,4-7,12-13H2,1-3H3,(H,19,21)/t14-/m0/s1. The zero-order valence-corrected chi connectivity index (χ0v) is 17.0. The molecule has 136 valence electrons. The summed E-state index contributed by atoms with van der Waals surface area (Å²) in [6, 6.07) is 6.86. The molecule has 1 N–H and O–H groups in total. The van der Waals surface area contributed by atoms with E-state index in [2.05, 4.69) is 35.1 Å². The van der Waals surface area contributed by atoms with Crippen molar-refractivity contribution in [3.63, 3.8) is 0 Å². The first-order chi connectivity index (χ1) is 11.3. The maximum atomic E-state index is 12.2. The predicted octanol–water partition coefficient (Wildman–Crippen LogP) is 3.55. The molecule has 1 aromatic rings. The fourth-order valence-electron chi connectivity index (χ4n) is 2.40. The van der Waals surface area contributed by atoms with Crippen molar-refractivity contribution in [1.29, 1.82) is 0 Å². The number of nitrogens with zero attached hydrogens (tertiary/aromatic N) is 1. The van der Waals surface area contributed by atoms with Crippen LogP contribution in [0.5, 0.6) is 0 Å². The third-order valence-corrected chi connectivity index (χ3v) is 5.60. The van der Waals surface area contributed by atoms with Gasteiger partial charge in [0.25, 0.3) is 0 Å². The predicted molar refractivity (Wildman–Crippen MR) is 103 cm³/mol. The van der Waals surface area contributed by atoms with Gasteiger partial charge in [-0.05, 0) is 36.6 Å². The van der Waals surface area contributed by atoms with Crippen LogP contribution in [0.2, 0.25) is 0 Å². The fourth-order valence-corrected chi connectivity index (χ4v) is 3.52. The van der Waals surface area contributed by atoms with Gasteiger partial charge in [0.2, 0.25) is 15.9 Å². The minimum absolute atomic E-state index is 0.204. The Hall–Kier alpha value is -1.08. The van der Waals surface area contributed by atoms with Crippen LogP contribution in [0.15, 0.2) is 28.7 Å². The van der Waals surface area contributed by atoms with E-state index in [9.17, 15) is 13.2 Å². The van der Waals surface area contributed by atoms with Crippen LogP contribution in [0.4, 0.5) is 5.69 Å². The number of sulfonamides is 1. The van der Waals surface area contributed by atoms with Crippen LogP contribution in [-0.4, -0.2) is 33.7 Å². The largest absolute Gasteiger partial charge is 0.354 e. The second-order valence-corrected chi connectivity index (χ2v) is 8.79. The normalized spacial score (nSPS) is 12.7. The van der Waals surface area contributed by atoms with Gasteiger partial charge in [-0.1, -0.05) is 49.0 Å². The number of hydrogen-bond acceptors (Lipinski definition) is 3. The number of amides is 1. The number of carbonyl (C=O) groups excluding carboxylic acids is 1. The average Bonchev–Trinajstić information content (AvgIpc) is 2.53. The number of unbranched alkanes of at least 4 members (excludes halogenated alkanes) is 1. The van der Waals surface area contributed by atoms with E-state index in [0.717, 1.165) is 40.7 Å². The first-order valence-corrected chi connectivity index (χ1v) is 10.9. The second-order valence-electron chi connectivity index (χ2n) is 5.97. The summed E-state index contributed by atoms with van der Waals surface area (Å²) in [6.07, 6.45) is 5.47. The van der Waals surface area contributed by atoms with Crippen LogP contribution in [0.1, 0.15) is 39.5 Å². The highest BCUT2D eigenvalue weighted by Gasteiger charge is 2.21. The second kappa shape index (κ2) is 10.0. The minimum Gasteiger partial charge on any atom is -0.354 e. The SMILES string of the molecule is CCCC[C@H](CC)CNC(=O)CN(c1ccc(Br)cc1)S(C)(=O)=O. The Balaban J connectivity index is 2.70. The summed E-state index contributed by atoms with van der Waals surface area (Å²) >= 11 is 3.32. The summed E-state index contributed by atoms with van der Waals surface area (Å²) in [4.78, 5) is 12.2. The Labute approximate surface area is 154 Å². The highest BCUT2D eigenvalue weighted by Crippen LogP contribution is 2.20. The molecule has 0 aliphatic carbocycles. The summed E-state index contributed by atoms with van der Waals surface area (Å²) in [7, 11) is -3.53. The first-order valence-electron chi connectivity index (χ1n) is 8.27. The Bertz CT molecular complexity index is 617. The van der Waals surface area contributed by atoms with E-state index < -0.39 is 10.0 Å². The van der Waals surface area contributed by atoms with Crippen LogP contribution < -0.4 is 9.62 Å². The van der Waals surface area contributed by atoms with Crippen molar-refractivity contribution in [3.8, 4) is 0 Å². The van der Waals surface area contributed by atoms with Crippen LogP contribution in [0.25, 0.3) is 0 Å². The molecule has 0 unspecified atom stereocenters. The summed E-state index contributed by atoms with van der Waals surface area (Å²) in [5.74, 6) is 0.159. The molecule has 1 aromatic carbocycles. The van der Waals surface area contributed by atoms with E-state index in [0.29, 0.717) is 18.2 Å². The fraction of sp³-hybridized carbons (Fsp3) is 0.588. The number of carbonyl (C=O) groups is 1. The monoisotopic (exact) mass is 418 g/mol. The molecule has 7 heteroatoms. The lowest BCUT2D eigenvalue weighted by Crippen LogP contribution is -2.41. The molecule has 0 radical (unpaired) electrons. The molecule has 5 nitrogen and oxygen atoms in total. The number of hydrogen-bond donors (Lipinski definition) is 1. The Morgan fingerprint density at radius 1 is 1.25 bits per heavy atom. The van der Waals surface area contributed by atoms with Crippen LogP contribution in [0.3, 0.4) is 0 Å². The maximum Gasteiger partial charge on any atom is 0.240 e. The van der Waals surface area contributed by atoms with Crippen molar-refractivity contribution in [2.45, 2.75) is 39.5 Å². The van der Waals surface area contributed by atoms with Gasteiger partial charge in [0.05, 0.1) is 11.9 Å². The molecule has 1 amide bonds. The first kappa shape index (κ1) is 21.0. The zero-order chi connectivity index (χ0) is 18.2. The van der Waals surface area contributed by atoms with Gasteiger partial charge in [0.15, 0.2) is 0 Å². The quantitative estimate of drug-likeness (QED) is 0.631. The molecule has 0 saturated heterocycles. The molecule has 24 heavy (non-hydrogen) atoms. The molecule has 1 rings (SSSR count). The topological polar surface area (TPSA) is 66.5 Å². The number of nitrogens with one attached hydrogen (secondary N) is 1. The molecular formula is C17H27BrN2O3S. The zero-order valence-electron chi connectivity index (χ0n) is 14.6. The Morgan fingerprint density at radius 3 is 2.38 bits per heavy atom. The summed E-state index contributed by atoms with van der Waals surface area (Å²) in [5, 5.41) is 2.87. The van der Waals surface area contributed by atoms with Crippen LogP contribution >= 0.6 is 15.9 Å². The molecule has 0 saturated carbocycles. The van der Waals surface area contributed by atoms with Gasteiger partial charge in [-0.2, -0.15) is 0 Å². The number of anilines is 1. The van der Waals surface area contributed by atoms with Crippen LogP contribution in [-0.2, 0) is 14.8 Å². The van der Waals surface area contributed by atoms with Gasteiger partial charge < -0.3 is 5.32 Å². The molecule has 0 heterocycles. The summed E-state index contributed by atoms with van der Waals surface area (Å²) in [5.41, 5.74) is 0.480. The number of rotatable bonds is 10. The summed E-state index contributed by atoms with van der Waals surface area (Å²) < 4.78 is 26.0. The molecule has 0 bridgehead atoms. The van der Waals surface area contributed by atoms with Crippen molar-refractivity contribution in [3.05, 3.63) is 28.7 Å². The van der Waals surface area contributed by atoms with Crippen LogP contribution in [0, 0.1) is 5.92 Å². The van der Waals surface area contributed by atoms with E-state index in [-0.39, 0.29) is 12.5 Å². The number of benzene rings is 1. The van der Waals surface area contributed by atoms with E-state index in [1.165, 1.54) is 0 Å². The molecule has 0 aliphatic heterocycles. The highest BCUT2D eigenvalue weighted by atomic mass is 79.9. The van der Waals surface area contributed by atoms with Crippen molar-refractivity contribution in [1.82, 2.24) is 5.32 Å². The van der Waals surface area contributed by atoms with E-state index in [1.807, 2.05) is 0 Å². The third kappa shape index (κ3) is 7.21. The number of halogens is 1. The molecule has 0 fully saturated rings. The van der Waals surface area contributed by atoms with E-state index in [1.54, 1.807) is 24.3 Å². The van der Waals surface area contributed by atoms with Crippen molar-refractivity contribution >= 4 is 37.5 Å². The third-order valence-electron chi connectivity index (χ3n) is 3.93. The maximum absolute atomic E-state index is 12.2. The molecular weight excluding hydrogens is 392 g/mol. The molecule has 1 atom stereocenters. The van der Waals surface area contributed by atoms with E-state index >= 15 is 0 Å². The smallest absolute Gasteiger partial charge is 0.240 e. The van der Waals surface area contributed by atoms with Gasteiger partial charge >= 0.3 is 0 Å². The molecule has 0 spiro atoms. The Kier molecular flexibility index (Phi) is 8.76. The summed E-state index contributed by atoms with van der Waals surface area (Å²) in [6.45, 7) is 4.64. The van der Waals surface area contributed by atoms with Gasteiger partial charge in [0.1, 0.15) is 6.54 Å². The highest BCUT2D eigenvalue weighted by molar-refractivity contribution is 9.10. The van der Waals surface area contributed by atoms with E-state index in [4.69, 9.17) is 0 Å². The Morgan fingerprint density at radius 2 is 1.88 bits per heavy atom. The average molecular weight is 419 g/mol. The van der Waals surface area contributed by atoms with Crippen molar-refractivity contribution in [2.75, 3.05) is 23.7 Å². The lowest BCUT2D eigenvalue weighted by Gasteiger charge is -2.23. The lowest BCUT2D eigenvalue weighted by molar-refractivity contribution is -0.119. The van der Waals surface area contributed by atoms with Gasteiger partial charge in [-0.3, -0.25) is 9.10 Å². The van der Waals surface area contributed by atoms with Gasteiger partial charge in [-0.25, -0.2) is 8.42 Å². The lowest BCUT2D eigenvalue weighted by atomic mass is 9.99. The van der Waals surface area contributed by atoms with Crippen molar-refractivity contribution < 1.29 is 13.2 Å². The van der Waals surface area contributed by atoms with Crippen molar-refractivity contribution in [2.24, 2.45) is 5.92 Å². The van der Waals surface area contributed by atoms with Gasteiger partial charge in [0, 0.05) is 11.0 Å². The molecule has 0 aromatic heterocycles. The molecule has 0 aliphatic rings. The minimum atomic E-state index is -3.53.